The number of hydrogen-bond acceptors (Lipinski definition) is 3. The fraction of sp³-hybridized carbons (Fsp3) is 0.125. The Hall–Kier alpha value is -2.82. The Morgan fingerprint density at radius 2 is 1.81 bits per heavy atom. The van der Waals surface area contributed by atoms with E-state index in [1.54, 1.807) is 37.3 Å². The van der Waals surface area contributed by atoms with Crippen molar-refractivity contribution in [2.75, 3.05) is 5.32 Å². The number of carbonyl (C=O) groups excluding carboxylic acids is 2. The van der Waals surface area contributed by atoms with E-state index in [1.165, 1.54) is 6.07 Å². The van der Waals surface area contributed by atoms with Crippen LogP contribution < -0.4 is 15.8 Å². The van der Waals surface area contributed by atoms with Gasteiger partial charge in [0.05, 0.1) is 0 Å². The summed E-state index contributed by atoms with van der Waals surface area (Å²) in [6, 6.07) is 15.5. The molecule has 0 heterocycles. The van der Waals surface area contributed by atoms with E-state index in [-0.39, 0.29) is 5.91 Å². The number of rotatable bonds is 5. The third kappa shape index (κ3) is 4.07. The van der Waals surface area contributed by atoms with Crippen LogP contribution in [0, 0.1) is 0 Å². The summed E-state index contributed by atoms with van der Waals surface area (Å²) in [5.41, 5.74) is 6.04. The Morgan fingerprint density at radius 1 is 1.10 bits per heavy atom. The van der Waals surface area contributed by atoms with Gasteiger partial charge in [-0.25, -0.2) is 0 Å². The van der Waals surface area contributed by atoms with Gasteiger partial charge in [-0.15, -0.1) is 0 Å². The highest BCUT2D eigenvalue weighted by atomic mass is 16.5. The fourth-order valence-electron chi connectivity index (χ4n) is 1.75. The molecule has 2 rings (SSSR count). The van der Waals surface area contributed by atoms with Gasteiger partial charge in [-0.1, -0.05) is 24.3 Å². The van der Waals surface area contributed by atoms with Crippen molar-refractivity contribution in [2.45, 2.75) is 13.0 Å². The zero-order valence-corrected chi connectivity index (χ0v) is 11.6. The van der Waals surface area contributed by atoms with Crippen LogP contribution in [-0.2, 0) is 4.79 Å². The van der Waals surface area contributed by atoms with Gasteiger partial charge < -0.3 is 15.8 Å². The minimum Gasteiger partial charge on any atom is -0.481 e. The molecule has 0 unspecified atom stereocenters. The molecular formula is C16H16N2O3. The number of para-hydroxylation sites is 1. The van der Waals surface area contributed by atoms with E-state index in [0.29, 0.717) is 17.0 Å². The molecule has 0 saturated carbocycles. The summed E-state index contributed by atoms with van der Waals surface area (Å²) in [7, 11) is 0. The molecule has 0 saturated heterocycles. The minimum absolute atomic E-state index is 0.305. The van der Waals surface area contributed by atoms with E-state index in [2.05, 4.69) is 5.32 Å². The maximum absolute atomic E-state index is 12.0. The highest BCUT2D eigenvalue weighted by molar-refractivity contribution is 5.97. The second kappa shape index (κ2) is 6.56. The standard InChI is InChI=1S/C16H16N2O3/c1-11(21-14-8-3-2-4-9-14)16(20)18-13-7-5-6-12(10-13)15(17)19/h2-11H,1H3,(H2,17,19)(H,18,20)/t11-/m0/s1. The van der Waals surface area contributed by atoms with Crippen molar-refractivity contribution in [3.05, 3.63) is 60.2 Å². The maximum atomic E-state index is 12.0. The van der Waals surface area contributed by atoms with Crippen LogP contribution in [0.3, 0.4) is 0 Å². The Labute approximate surface area is 122 Å². The summed E-state index contributed by atoms with van der Waals surface area (Å²) in [5.74, 6) is -0.230. The number of benzene rings is 2. The first-order chi connectivity index (χ1) is 10.1. The van der Waals surface area contributed by atoms with Crippen LogP contribution in [0.5, 0.6) is 5.75 Å². The van der Waals surface area contributed by atoms with E-state index >= 15 is 0 Å². The number of anilines is 1. The monoisotopic (exact) mass is 284 g/mol. The summed E-state index contributed by atoms with van der Waals surface area (Å²) in [6.07, 6.45) is -0.662. The molecule has 108 valence electrons. The Balaban J connectivity index is 2.00. The molecule has 0 aliphatic heterocycles. The molecule has 0 aromatic heterocycles. The highest BCUT2D eigenvalue weighted by Gasteiger charge is 2.15. The first kappa shape index (κ1) is 14.6. The average molecular weight is 284 g/mol. The van der Waals surface area contributed by atoms with Crippen LogP contribution in [-0.4, -0.2) is 17.9 Å². The van der Waals surface area contributed by atoms with Crippen molar-refractivity contribution < 1.29 is 14.3 Å². The summed E-state index contributed by atoms with van der Waals surface area (Å²) in [4.78, 5) is 23.1. The minimum atomic E-state index is -0.662. The fourth-order valence-corrected chi connectivity index (χ4v) is 1.75. The van der Waals surface area contributed by atoms with E-state index < -0.39 is 12.0 Å². The Kier molecular flexibility index (Phi) is 4.56. The van der Waals surface area contributed by atoms with Gasteiger partial charge in [0.2, 0.25) is 5.91 Å². The van der Waals surface area contributed by atoms with Crippen molar-refractivity contribution in [3.63, 3.8) is 0 Å². The van der Waals surface area contributed by atoms with Crippen LogP contribution in [0.4, 0.5) is 5.69 Å². The first-order valence-corrected chi connectivity index (χ1v) is 6.48. The van der Waals surface area contributed by atoms with E-state index in [9.17, 15) is 9.59 Å². The molecule has 3 N–H and O–H groups in total. The van der Waals surface area contributed by atoms with Gasteiger partial charge in [-0.3, -0.25) is 9.59 Å². The number of hydrogen-bond donors (Lipinski definition) is 2. The van der Waals surface area contributed by atoms with Gasteiger partial charge in [0.1, 0.15) is 5.75 Å². The summed E-state index contributed by atoms with van der Waals surface area (Å²) in [5, 5.41) is 2.69. The molecule has 0 spiro atoms. The molecule has 0 aliphatic rings. The Morgan fingerprint density at radius 3 is 2.48 bits per heavy atom. The largest absolute Gasteiger partial charge is 0.481 e. The van der Waals surface area contributed by atoms with Crippen LogP contribution in [0.25, 0.3) is 0 Å². The van der Waals surface area contributed by atoms with Gasteiger partial charge in [0, 0.05) is 11.3 Å². The molecule has 1 atom stereocenters. The smallest absolute Gasteiger partial charge is 0.265 e. The lowest BCUT2D eigenvalue weighted by molar-refractivity contribution is -0.122. The zero-order chi connectivity index (χ0) is 15.2. The lowest BCUT2D eigenvalue weighted by atomic mass is 10.2. The molecular weight excluding hydrogens is 268 g/mol. The first-order valence-electron chi connectivity index (χ1n) is 6.48. The number of ether oxygens (including phenoxy) is 1. The highest BCUT2D eigenvalue weighted by Crippen LogP contribution is 2.14. The van der Waals surface area contributed by atoms with Gasteiger partial charge in [0.15, 0.2) is 6.10 Å². The lowest BCUT2D eigenvalue weighted by Crippen LogP contribution is -2.30. The van der Waals surface area contributed by atoms with Gasteiger partial charge in [0.25, 0.3) is 5.91 Å². The normalized spacial score (nSPS) is 11.5. The second-order valence-electron chi connectivity index (χ2n) is 4.51. The molecule has 0 fully saturated rings. The number of carbonyl (C=O) groups is 2. The summed E-state index contributed by atoms with van der Waals surface area (Å²) >= 11 is 0. The van der Waals surface area contributed by atoms with Gasteiger partial charge in [-0.05, 0) is 37.3 Å². The molecule has 0 bridgehead atoms. The van der Waals surface area contributed by atoms with Crippen LogP contribution in [0.15, 0.2) is 54.6 Å². The van der Waals surface area contributed by atoms with Crippen LogP contribution in [0.1, 0.15) is 17.3 Å². The van der Waals surface area contributed by atoms with Crippen molar-refractivity contribution in [2.24, 2.45) is 5.73 Å². The predicted octanol–water partition coefficient (Wildman–Crippen LogP) is 2.19. The van der Waals surface area contributed by atoms with Crippen LogP contribution in [0.2, 0.25) is 0 Å². The topological polar surface area (TPSA) is 81.4 Å². The van der Waals surface area contributed by atoms with E-state index in [0.717, 1.165) is 0 Å². The maximum Gasteiger partial charge on any atom is 0.265 e. The van der Waals surface area contributed by atoms with Crippen molar-refractivity contribution in [1.29, 1.82) is 0 Å². The van der Waals surface area contributed by atoms with Crippen molar-refractivity contribution >= 4 is 17.5 Å². The SMILES string of the molecule is C[C@H](Oc1ccccc1)C(=O)Nc1cccc(C(N)=O)c1. The van der Waals surface area contributed by atoms with Gasteiger partial charge >= 0.3 is 0 Å². The molecule has 0 aliphatic carbocycles. The number of nitrogens with two attached hydrogens (primary N) is 1. The molecule has 21 heavy (non-hydrogen) atoms. The molecule has 2 aromatic rings. The molecule has 2 aromatic carbocycles. The number of amides is 2. The van der Waals surface area contributed by atoms with E-state index in [1.807, 2.05) is 18.2 Å². The summed E-state index contributed by atoms with van der Waals surface area (Å²) < 4.78 is 5.52. The third-order valence-electron chi connectivity index (χ3n) is 2.84. The molecule has 5 nitrogen and oxygen atoms in total. The van der Waals surface area contributed by atoms with E-state index in [4.69, 9.17) is 10.5 Å². The summed E-state index contributed by atoms with van der Waals surface area (Å²) in [6.45, 7) is 1.65. The molecule has 2 amide bonds. The van der Waals surface area contributed by atoms with Gasteiger partial charge in [-0.2, -0.15) is 0 Å². The predicted molar refractivity (Wildman–Crippen MR) is 80.1 cm³/mol. The second-order valence-corrected chi connectivity index (χ2v) is 4.51. The average Bonchev–Trinajstić information content (AvgIpc) is 2.48. The number of primary amides is 1. The number of nitrogens with one attached hydrogen (secondary N) is 1. The Bertz CT molecular complexity index is 641. The molecule has 5 heteroatoms. The quantitative estimate of drug-likeness (QED) is 0.883. The van der Waals surface area contributed by atoms with Crippen molar-refractivity contribution in [3.8, 4) is 5.75 Å². The van der Waals surface area contributed by atoms with Crippen LogP contribution >= 0.6 is 0 Å². The third-order valence-corrected chi connectivity index (χ3v) is 2.84. The lowest BCUT2D eigenvalue weighted by Gasteiger charge is -2.14. The molecule has 0 radical (unpaired) electrons. The van der Waals surface area contributed by atoms with Crippen molar-refractivity contribution in [1.82, 2.24) is 0 Å². The zero-order valence-electron chi connectivity index (χ0n) is 11.6.